The van der Waals surface area contributed by atoms with Crippen LogP contribution in [0.5, 0.6) is 5.75 Å². The first-order valence-corrected chi connectivity index (χ1v) is 4.11. The van der Waals surface area contributed by atoms with Gasteiger partial charge in [0, 0.05) is 18.3 Å². The fourth-order valence-electron chi connectivity index (χ4n) is 1.13. The van der Waals surface area contributed by atoms with Crippen LogP contribution in [0, 0.1) is 5.82 Å². The lowest BCUT2D eigenvalue weighted by atomic mass is 10.2. The highest BCUT2D eigenvalue weighted by Gasteiger charge is 2.11. The van der Waals surface area contributed by atoms with Gasteiger partial charge in [0.1, 0.15) is 0 Å². The Labute approximate surface area is 80.7 Å². The van der Waals surface area contributed by atoms with Crippen molar-refractivity contribution in [2.75, 3.05) is 11.4 Å². The lowest BCUT2D eigenvalue weighted by Crippen LogP contribution is -2.35. The molecule has 4 nitrogen and oxygen atoms in total. The number of nitrogens with zero attached hydrogens (tertiary/aromatic N) is 1. The maximum absolute atomic E-state index is 12.9. The maximum Gasteiger partial charge on any atom is 0.319 e. The zero-order chi connectivity index (χ0) is 10.7. The van der Waals surface area contributed by atoms with Gasteiger partial charge in [-0.05, 0) is 19.1 Å². The van der Waals surface area contributed by atoms with E-state index < -0.39 is 17.6 Å². The van der Waals surface area contributed by atoms with Crippen molar-refractivity contribution in [3.63, 3.8) is 0 Å². The monoisotopic (exact) mass is 198 g/mol. The summed E-state index contributed by atoms with van der Waals surface area (Å²) in [5.74, 6) is -1.23. The highest BCUT2D eigenvalue weighted by Crippen LogP contribution is 2.22. The lowest BCUT2D eigenvalue weighted by Gasteiger charge is -2.18. The molecule has 14 heavy (non-hydrogen) atoms. The fourth-order valence-corrected chi connectivity index (χ4v) is 1.13. The van der Waals surface area contributed by atoms with Crippen LogP contribution >= 0.6 is 0 Å². The Morgan fingerprint density at radius 3 is 2.71 bits per heavy atom. The van der Waals surface area contributed by atoms with E-state index in [1.165, 1.54) is 17.0 Å². The number of phenols is 1. The number of anilines is 1. The number of rotatable bonds is 2. The van der Waals surface area contributed by atoms with Crippen LogP contribution in [0.1, 0.15) is 6.92 Å². The summed E-state index contributed by atoms with van der Waals surface area (Å²) in [5, 5.41) is 8.93. The molecule has 0 saturated carbocycles. The molecule has 0 aliphatic carbocycles. The Kier molecular flexibility index (Phi) is 2.91. The van der Waals surface area contributed by atoms with Gasteiger partial charge in [-0.1, -0.05) is 0 Å². The van der Waals surface area contributed by atoms with Gasteiger partial charge < -0.3 is 10.8 Å². The van der Waals surface area contributed by atoms with Crippen molar-refractivity contribution in [1.82, 2.24) is 0 Å². The van der Waals surface area contributed by atoms with Gasteiger partial charge in [-0.2, -0.15) is 0 Å². The zero-order valence-corrected chi connectivity index (χ0v) is 7.70. The van der Waals surface area contributed by atoms with E-state index in [-0.39, 0.29) is 0 Å². The minimum atomic E-state index is -0.776. The van der Waals surface area contributed by atoms with Crippen LogP contribution in [0.4, 0.5) is 14.9 Å². The summed E-state index contributed by atoms with van der Waals surface area (Å²) in [6.45, 7) is 2.06. The first kappa shape index (κ1) is 10.3. The molecule has 0 atom stereocenters. The molecule has 0 saturated heterocycles. The average molecular weight is 198 g/mol. The van der Waals surface area contributed by atoms with Crippen LogP contribution < -0.4 is 10.6 Å². The standard InChI is InChI=1S/C9H11FN2O2/c1-2-12(9(11)14)6-3-4-8(13)7(10)5-6/h3-5,13H,2H2,1H3,(H2,11,14). The van der Waals surface area contributed by atoms with E-state index in [0.717, 1.165) is 6.07 Å². The molecule has 0 radical (unpaired) electrons. The topological polar surface area (TPSA) is 66.6 Å². The molecular formula is C9H11FN2O2. The van der Waals surface area contributed by atoms with Crippen molar-refractivity contribution >= 4 is 11.7 Å². The molecule has 0 aliphatic rings. The summed E-state index contributed by atoms with van der Waals surface area (Å²) in [6.07, 6.45) is 0. The van der Waals surface area contributed by atoms with E-state index in [0.29, 0.717) is 12.2 Å². The highest BCUT2D eigenvalue weighted by molar-refractivity contribution is 5.90. The molecule has 1 aromatic rings. The van der Waals surface area contributed by atoms with Gasteiger partial charge in [0.15, 0.2) is 11.6 Å². The SMILES string of the molecule is CCN(C(N)=O)c1ccc(O)c(F)c1. The number of amides is 2. The molecule has 0 fully saturated rings. The van der Waals surface area contributed by atoms with E-state index >= 15 is 0 Å². The van der Waals surface area contributed by atoms with E-state index in [4.69, 9.17) is 10.8 Å². The third kappa shape index (κ3) is 1.93. The van der Waals surface area contributed by atoms with Crippen LogP contribution in [0.3, 0.4) is 0 Å². The van der Waals surface area contributed by atoms with Crippen molar-refractivity contribution in [2.45, 2.75) is 6.92 Å². The predicted octanol–water partition coefficient (Wildman–Crippen LogP) is 1.44. The number of nitrogens with two attached hydrogens (primary N) is 1. The number of halogens is 1. The Bertz CT molecular complexity index is 355. The number of benzene rings is 1. The van der Waals surface area contributed by atoms with Gasteiger partial charge in [0.25, 0.3) is 0 Å². The number of hydrogen-bond acceptors (Lipinski definition) is 2. The number of aromatic hydroxyl groups is 1. The van der Waals surface area contributed by atoms with Crippen molar-refractivity contribution in [1.29, 1.82) is 0 Å². The summed E-state index contributed by atoms with van der Waals surface area (Å²) in [7, 11) is 0. The number of phenolic OH excluding ortho intramolecular Hbond substituents is 1. The largest absolute Gasteiger partial charge is 0.505 e. The van der Waals surface area contributed by atoms with Crippen molar-refractivity contribution in [3.8, 4) is 5.75 Å². The van der Waals surface area contributed by atoms with Crippen molar-refractivity contribution in [2.24, 2.45) is 5.73 Å². The fraction of sp³-hybridized carbons (Fsp3) is 0.222. The van der Waals surface area contributed by atoms with Crippen LogP contribution in [0.2, 0.25) is 0 Å². The Hall–Kier alpha value is -1.78. The number of carbonyl (C=O) groups excluding carboxylic acids is 1. The molecule has 1 aromatic carbocycles. The average Bonchev–Trinajstić information content (AvgIpc) is 2.11. The molecule has 3 N–H and O–H groups in total. The highest BCUT2D eigenvalue weighted by atomic mass is 19.1. The molecule has 0 heterocycles. The summed E-state index contributed by atoms with van der Waals surface area (Å²) in [4.78, 5) is 12.1. The van der Waals surface area contributed by atoms with Crippen molar-refractivity contribution in [3.05, 3.63) is 24.0 Å². The molecule has 0 spiro atoms. The number of carbonyl (C=O) groups is 1. The Morgan fingerprint density at radius 2 is 2.29 bits per heavy atom. The summed E-state index contributed by atoms with van der Waals surface area (Å²) < 4.78 is 12.9. The Balaban J connectivity index is 3.06. The quantitative estimate of drug-likeness (QED) is 0.755. The summed E-state index contributed by atoms with van der Waals surface area (Å²) in [6, 6.07) is 3.00. The second-order valence-electron chi connectivity index (χ2n) is 2.72. The van der Waals surface area contributed by atoms with Gasteiger partial charge in [-0.15, -0.1) is 0 Å². The van der Waals surface area contributed by atoms with Crippen LogP contribution in [-0.4, -0.2) is 17.7 Å². The van der Waals surface area contributed by atoms with Gasteiger partial charge in [-0.25, -0.2) is 9.18 Å². The maximum atomic E-state index is 12.9. The van der Waals surface area contributed by atoms with Gasteiger partial charge in [0.05, 0.1) is 0 Å². The molecule has 76 valence electrons. The molecule has 5 heteroatoms. The minimum Gasteiger partial charge on any atom is -0.505 e. The number of urea groups is 1. The van der Waals surface area contributed by atoms with E-state index in [1.807, 2.05) is 0 Å². The number of hydrogen-bond donors (Lipinski definition) is 2. The Morgan fingerprint density at radius 1 is 1.64 bits per heavy atom. The zero-order valence-electron chi connectivity index (χ0n) is 7.70. The van der Waals surface area contributed by atoms with Gasteiger partial charge in [-0.3, -0.25) is 4.90 Å². The predicted molar refractivity (Wildman–Crippen MR) is 50.7 cm³/mol. The van der Waals surface area contributed by atoms with Crippen molar-refractivity contribution < 1.29 is 14.3 Å². The molecule has 0 aromatic heterocycles. The lowest BCUT2D eigenvalue weighted by molar-refractivity contribution is 0.254. The third-order valence-electron chi connectivity index (χ3n) is 1.83. The minimum absolute atomic E-state index is 0.329. The molecule has 2 amide bonds. The van der Waals surface area contributed by atoms with E-state index in [1.54, 1.807) is 6.92 Å². The molecule has 0 bridgehead atoms. The molecular weight excluding hydrogens is 187 g/mol. The second-order valence-corrected chi connectivity index (χ2v) is 2.72. The molecule has 0 unspecified atom stereocenters. The number of primary amides is 1. The molecule has 1 rings (SSSR count). The summed E-state index contributed by atoms with van der Waals surface area (Å²) >= 11 is 0. The normalized spacial score (nSPS) is 9.86. The van der Waals surface area contributed by atoms with Gasteiger partial charge in [0.2, 0.25) is 0 Å². The smallest absolute Gasteiger partial charge is 0.319 e. The first-order chi connectivity index (χ1) is 6.56. The van der Waals surface area contributed by atoms with Crippen LogP contribution in [0.15, 0.2) is 18.2 Å². The van der Waals surface area contributed by atoms with Gasteiger partial charge >= 0.3 is 6.03 Å². The summed E-state index contributed by atoms with van der Waals surface area (Å²) in [5.41, 5.74) is 5.40. The van der Waals surface area contributed by atoms with Crippen LogP contribution in [-0.2, 0) is 0 Å². The van der Waals surface area contributed by atoms with Crippen LogP contribution in [0.25, 0.3) is 0 Å². The first-order valence-electron chi connectivity index (χ1n) is 4.11. The second kappa shape index (κ2) is 3.95. The molecule has 0 aliphatic heterocycles. The van der Waals surface area contributed by atoms with E-state index in [9.17, 15) is 9.18 Å². The third-order valence-corrected chi connectivity index (χ3v) is 1.83. The van der Waals surface area contributed by atoms with E-state index in [2.05, 4.69) is 0 Å².